The van der Waals surface area contributed by atoms with E-state index in [9.17, 15) is 5.11 Å². The highest BCUT2D eigenvalue weighted by Crippen LogP contribution is 2.30. The molecule has 4 heteroatoms. The van der Waals surface area contributed by atoms with Gasteiger partial charge in [-0.15, -0.1) is 0 Å². The van der Waals surface area contributed by atoms with Crippen molar-refractivity contribution in [2.24, 2.45) is 5.92 Å². The summed E-state index contributed by atoms with van der Waals surface area (Å²) >= 11 is 0. The number of anilines is 1. The third-order valence-electron chi connectivity index (χ3n) is 2.60. The van der Waals surface area contributed by atoms with Gasteiger partial charge in [-0.25, -0.2) is 4.98 Å². The Hall–Kier alpha value is -1.13. The molecule has 2 atom stereocenters. The zero-order valence-electron chi connectivity index (χ0n) is 7.89. The monoisotopic (exact) mass is 194 g/mol. The molecular weight excluding hydrogens is 180 g/mol. The number of ether oxygens (including phenoxy) is 1. The smallest absolute Gasteiger partial charge is 0.129 e. The molecule has 76 valence electrons. The molecule has 2 unspecified atom stereocenters. The van der Waals surface area contributed by atoms with Crippen LogP contribution in [-0.2, 0) is 4.74 Å². The highest BCUT2D eigenvalue weighted by molar-refractivity contribution is 5.40. The van der Waals surface area contributed by atoms with Crippen LogP contribution in [0.4, 0.5) is 5.82 Å². The molecular formula is C10H14N2O2. The van der Waals surface area contributed by atoms with Gasteiger partial charge in [-0.3, -0.25) is 0 Å². The molecule has 0 aromatic carbocycles. The fourth-order valence-electron chi connectivity index (χ4n) is 1.74. The van der Waals surface area contributed by atoms with Gasteiger partial charge in [0.1, 0.15) is 5.82 Å². The maximum absolute atomic E-state index is 10.0. The molecule has 14 heavy (non-hydrogen) atoms. The number of pyridine rings is 1. The number of hydrogen-bond acceptors (Lipinski definition) is 4. The van der Waals surface area contributed by atoms with E-state index in [1.807, 2.05) is 6.07 Å². The van der Waals surface area contributed by atoms with Gasteiger partial charge < -0.3 is 15.6 Å². The van der Waals surface area contributed by atoms with Crippen molar-refractivity contribution in [3.05, 3.63) is 23.9 Å². The lowest BCUT2D eigenvalue weighted by Gasteiger charge is -2.17. The average molecular weight is 194 g/mol. The summed E-state index contributed by atoms with van der Waals surface area (Å²) in [5, 5.41) is 10.0. The lowest BCUT2D eigenvalue weighted by Crippen LogP contribution is -2.14. The van der Waals surface area contributed by atoms with E-state index in [1.54, 1.807) is 12.3 Å². The summed E-state index contributed by atoms with van der Waals surface area (Å²) in [4.78, 5) is 3.95. The number of nitrogens with zero attached hydrogens (tertiary/aromatic N) is 1. The quantitative estimate of drug-likeness (QED) is 0.728. The summed E-state index contributed by atoms with van der Waals surface area (Å²) in [5.74, 6) is 0.563. The van der Waals surface area contributed by atoms with Gasteiger partial charge in [0.05, 0.1) is 12.7 Å². The molecule has 0 radical (unpaired) electrons. The molecule has 0 bridgehead atoms. The molecule has 0 aliphatic carbocycles. The van der Waals surface area contributed by atoms with Gasteiger partial charge >= 0.3 is 0 Å². The number of rotatable bonds is 2. The van der Waals surface area contributed by atoms with Crippen molar-refractivity contribution in [2.75, 3.05) is 18.9 Å². The summed E-state index contributed by atoms with van der Waals surface area (Å²) in [6, 6.07) is 3.59. The van der Waals surface area contributed by atoms with E-state index in [0.717, 1.165) is 13.0 Å². The third-order valence-corrected chi connectivity index (χ3v) is 2.60. The maximum Gasteiger partial charge on any atom is 0.129 e. The number of nitrogen functional groups attached to an aromatic ring is 1. The molecule has 0 amide bonds. The Kier molecular flexibility index (Phi) is 2.65. The van der Waals surface area contributed by atoms with E-state index in [0.29, 0.717) is 18.0 Å². The van der Waals surface area contributed by atoms with Crippen molar-refractivity contribution in [1.29, 1.82) is 0 Å². The van der Waals surface area contributed by atoms with Crippen LogP contribution >= 0.6 is 0 Å². The molecule has 0 spiro atoms. The van der Waals surface area contributed by atoms with E-state index in [2.05, 4.69) is 4.98 Å². The first kappa shape index (κ1) is 9.43. The highest BCUT2D eigenvalue weighted by atomic mass is 16.5. The van der Waals surface area contributed by atoms with E-state index < -0.39 is 6.10 Å². The number of nitrogens with two attached hydrogens (primary N) is 1. The summed E-state index contributed by atoms with van der Waals surface area (Å²) in [5.41, 5.74) is 6.39. The SMILES string of the molecule is Nc1ncccc1C(O)C1CCOC1. The Morgan fingerprint density at radius 2 is 2.50 bits per heavy atom. The molecule has 1 aromatic heterocycles. The first-order chi connectivity index (χ1) is 6.79. The maximum atomic E-state index is 10.0. The second-order valence-electron chi connectivity index (χ2n) is 3.55. The largest absolute Gasteiger partial charge is 0.388 e. The van der Waals surface area contributed by atoms with Crippen LogP contribution in [0.2, 0.25) is 0 Å². The minimum atomic E-state index is -0.550. The molecule has 1 fully saturated rings. The van der Waals surface area contributed by atoms with Crippen LogP contribution in [0.3, 0.4) is 0 Å². The van der Waals surface area contributed by atoms with Gasteiger partial charge in [0.25, 0.3) is 0 Å². The van der Waals surface area contributed by atoms with Crippen LogP contribution in [0, 0.1) is 5.92 Å². The first-order valence-corrected chi connectivity index (χ1v) is 4.75. The molecule has 1 aliphatic rings. The Bertz CT molecular complexity index is 311. The van der Waals surface area contributed by atoms with E-state index in [4.69, 9.17) is 10.5 Å². The Morgan fingerprint density at radius 1 is 1.64 bits per heavy atom. The van der Waals surface area contributed by atoms with Crippen molar-refractivity contribution < 1.29 is 9.84 Å². The van der Waals surface area contributed by atoms with Crippen LogP contribution in [0.5, 0.6) is 0 Å². The topological polar surface area (TPSA) is 68.4 Å². The number of aliphatic hydroxyl groups excluding tert-OH is 1. The van der Waals surface area contributed by atoms with Gasteiger partial charge in [-0.2, -0.15) is 0 Å². The Balaban J connectivity index is 2.17. The number of hydrogen-bond donors (Lipinski definition) is 2. The van der Waals surface area contributed by atoms with Gasteiger partial charge in [0.15, 0.2) is 0 Å². The van der Waals surface area contributed by atoms with Gasteiger partial charge in [-0.05, 0) is 12.5 Å². The second-order valence-corrected chi connectivity index (χ2v) is 3.55. The summed E-state index contributed by atoms with van der Waals surface area (Å²) in [6.45, 7) is 1.33. The first-order valence-electron chi connectivity index (χ1n) is 4.75. The molecule has 1 aromatic rings. The normalized spacial score (nSPS) is 23.6. The van der Waals surface area contributed by atoms with Crippen molar-refractivity contribution in [2.45, 2.75) is 12.5 Å². The van der Waals surface area contributed by atoms with Gasteiger partial charge in [0.2, 0.25) is 0 Å². The second kappa shape index (κ2) is 3.94. The molecule has 1 saturated heterocycles. The van der Waals surface area contributed by atoms with Crippen molar-refractivity contribution in [3.63, 3.8) is 0 Å². The van der Waals surface area contributed by atoms with Crippen molar-refractivity contribution >= 4 is 5.82 Å². The lowest BCUT2D eigenvalue weighted by molar-refractivity contribution is 0.0921. The van der Waals surface area contributed by atoms with Crippen LogP contribution in [0.15, 0.2) is 18.3 Å². The number of aliphatic hydroxyl groups is 1. The minimum absolute atomic E-state index is 0.154. The predicted octanol–water partition coefficient (Wildman–Crippen LogP) is 0.734. The summed E-state index contributed by atoms with van der Waals surface area (Å²) in [6.07, 6.45) is 1.96. The summed E-state index contributed by atoms with van der Waals surface area (Å²) in [7, 11) is 0. The average Bonchev–Trinajstić information content (AvgIpc) is 2.70. The van der Waals surface area contributed by atoms with Crippen LogP contribution in [-0.4, -0.2) is 23.3 Å². The van der Waals surface area contributed by atoms with Crippen molar-refractivity contribution in [1.82, 2.24) is 4.98 Å². The molecule has 2 rings (SSSR count). The molecule has 4 nitrogen and oxygen atoms in total. The van der Waals surface area contributed by atoms with E-state index in [-0.39, 0.29) is 5.92 Å². The number of aromatic nitrogens is 1. The zero-order valence-corrected chi connectivity index (χ0v) is 7.89. The predicted molar refractivity (Wildman–Crippen MR) is 52.5 cm³/mol. The molecule has 3 N–H and O–H groups in total. The van der Waals surface area contributed by atoms with Crippen LogP contribution in [0.1, 0.15) is 18.1 Å². The molecule has 1 aliphatic heterocycles. The standard InChI is InChI=1S/C10H14N2O2/c11-10-8(2-1-4-12-10)9(13)7-3-5-14-6-7/h1-2,4,7,9,13H,3,5-6H2,(H2,11,12). The van der Waals surface area contributed by atoms with Gasteiger partial charge in [-0.1, -0.05) is 6.07 Å². The minimum Gasteiger partial charge on any atom is -0.388 e. The van der Waals surface area contributed by atoms with E-state index >= 15 is 0 Å². The molecule has 2 heterocycles. The highest BCUT2D eigenvalue weighted by Gasteiger charge is 2.26. The zero-order chi connectivity index (χ0) is 9.97. The van der Waals surface area contributed by atoms with E-state index in [1.165, 1.54) is 0 Å². The lowest BCUT2D eigenvalue weighted by atomic mass is 9.96. The third kappa shape index (κ3) is 1.71. The fraction of sp³-hybridized carbons (Fsp3) is 0.500. The summed E-state index contributed by atoms with van der Waals surface area (Å²) < 4.78 is 5.22. The fourth-order valence-corrected chi connectivity index (χ4v) is 1.74. The Labute approximate surface area is 82.7 Å². The Morgan fingerprint density at radius 3 is 3.14 bits per heavy atom. The van der Waals surface area contributed by atoms with Gasteiger partial charge in [0, 0.05) is 24.3 Å². The van der Waals surface area contributed by atoms with Crippen molar-refractivity contribution in [3.8, 4) is 0 Å². The van der Waals surface area contributed by atoms with Crippen LogP contribution in [0.25, 0.3) is 0 Å². The van der Waals surface area contributed by atoms with Crippen LogP contribution < -0.4 is 5.73 Å². The molecule has 0 saturated carbocycles.